The monoisotopic (exact) mass is 197 g/mol. The zero-order chi connectivity index (χ0) is 10.1. The fourth-order valence-corrected chi connectivity index (χ4v) is 2.59. The van der Waals surface area contributed by atoms with Gasteiger partial charge in [0.1, 0.15) is 0 Å². The van der Waals surface area contributed by atoms with Gasteiger partial charge in [0.25, 0.3) is 0 Å². The molecule has 4 nitrogen and oxygen atoms in total. The zero-order valence-electron chi connectivity index (χ0n) is 8.48. The van der Waals surface area contributed by atoms with Crippen LogP contribution in [0.1, 0.15) is 25.7 Å². The Morgan fingerprint density at radius 2 is 2.14 bits per heavy atom. The third-order valence-electron chi connectivity index (χ3n) is 3.53. The van der Waals surface area contributed by atoms with Crippen LogP contribution in [0.2, 0.25) is 0 Å². The SMILES string of the molecule is NC(=O)C1CCN1CC1CCC(N)C1. The van der Waals surface area contributed by atoms with E-state index in [-0.39, 0.29) is 11.9 Å². The Morgan fingerprint density at radius 1 is 1.36 bits per heavy atom. The van der Waals surface area contributed by atoms with E-state index < -0.39 is 0 Å². The molecule has 1 saturated carbocycles. The first-order valence-electron chi connectivity index (χ1n) is 5.45. The van der Waals surface area contributed by atoms with Crippen molar-refractivity contribution < 1.29 is 4.79 Å². The van der Waals surface area contributed by atoms with Crippen LogP contribution in [0.4, 0.5) is 0 Å². The molecule has 1 aliphatic heterocycles. The lowest BCUT2D eigenvalue weighted by Gasteiger charge is -2.40. The van der Waals surface area contributed by atoms with E-state index >= 15 is 0 Å². The molecule has 3 unspecified atom stereocenters. The number of primary amides is 1. The third-order valence-corrected chi connectivity index (χ3v) is 3.53. The van der Waals surface area contributed by atoms with E-state index in [1.54, 1.807) is 0 Å². The molecule has 2 fully saturated rings. The molecule has 0 radical (unpaired) electrons. The number of likely N-dealkylation sites (tertiary alicyclic amines) is 1. The van der Waals surface area contributed by atoms with Crippen molar-refractivity contribution in [1.82, 2.24) is 4.90 Å². The smallest absolute Gasteiger partial charge is 0.234 e. The van der Waals surface area contributed by atoms with E-state index in [4.69, 9.17) is 11.5 Å². The van der Waals surface area contributed by atoms with E-state index in [9.17, 15) is 4.79 Å². The summed E-state index contributed by atoms with van der Waals surface area (Å²) in [5, 5.41) is 0. The zero-order valence-corrected chi connectivity index (χ0v) is 8.48. The molecule has 1 saturated heterocycles. The van der Waals surface area contributed by atoms with Crippen LogP contribution in [-0.2, 0) is 4.79 Å². The number of carbonyl (C=O) groups is 1. The Labute approximate surface area is 84.6 Å². The topological polar surface area (TPSA) is 72.4 Å². The summed E-state index contributed by atoms with van der Waals surface area (Å²) in [5.74, 6) is 0.519. The number of carbonyl (C=O) groups excluding carboxylic acids is 1. The molecule has 3 atom stereocenters. The van der Waals surface area contributed by atoms with Gasteiger partial charge in [-0.05, 0) is 31.6 Å². The highest BCUT2D eigenvalue weighted by Crippen LogP contribution is 2.28. The molecule has 2 aliphatic rings. The summed E-state index contributed by atoms with van der Waals surface area (Å²) in [5.41, 5.74) is 11.1. The number of amides is 1. The second kappa shape index (κ2) is 3.87. The Kier molecular flexibility index (Phi) is 2.74. The molecule has 0 bridgehead atoms. The minimum atomic E-state index is -0.168. The molecule has 4 N–H and O–H groups in total. The lowest BCUT2D eigenvalue weighted by molar-refractivity contribution is -0.127. The summed E-state index contributed by atoms with van der Waals surface area (Å²) < 4.78 is 0. The summed E-state index contributed by atoms with van der Waals surface area (Å²) in [7, 11) is 0. The Balaban J connectivity index is 1.78. The third kappa shape index (κ3) is 1.91. The fourth-order valence-electron chi connectivity index (χ4n) is 2.59. The summed E-state index contributed by atoms with van der Waals surface area (Å²) in [6.45, 7) is 2.04. The lowest BCUT2D eigenvalue weighted by atomic mass is 9.98. The minimum absolute atomic E-state index is 0.00632. The van der Waals surface area contributed by atoms with E-state index in [0.717, 1.165) is 32.4 Å². The molecule has 1 heterocycles. The molecule has 0 aromatic rings. The van der Waals surface area contributed by atoms with Gasteiger partial charge in [-0.25, -0.2) is 0 Å². The Bertz CT molecular complexity index is 231. The first-order valence-corrected chi connectivity index (χ1v) is 5.45. The quantitative estimate of drug-likeness (QED) is 0.651. The van der Waals surface area contributed by atoms with Crippen molar-refractivity contribution in [3.63, 3.8) is 0 Å². The van der Waals surface area contributed by atoms with Crippen LogP contribution < -0.4 is 11.5 Å². The second-order valence-corrected chi connectivity index (χ2v) is 4.64. The highest BCUT2D eigenvalue weighted by Gasteiger charge is 2.35. The van der Waals surface area contributed by atoms with Crippen LogP contribution in [0.15, 0.2) is 0 Å². The van der Waals surface area contributed by atoms with Gasteiger partial charge < -0.3 is 11.5 Å². The molecule has 0 aromatic heterocycles. The van der Waals surface area contributed by atoms with Gasteiger partial charge in [0, 0.05) is 19.1 Å². The normalized spacial score (nSPS) is 38.2. The first-order chi connectivity index (χ1) is 6.66. The number of rotatable bonds is 3. The summed E-state index contributed by atoms with van der Waals surface area (Å²) >= 11 is 0. The van der Waals surface area contributed by atoms with Crippen molar-refractivity contribution in [2.45, 2.75) is 37.8 Å². The van der Waals surface area contributed by atoms with Crippen molar-refractivity contribution in [2.75, 3.05) is 13.1 Å². The second-order valence-electron chi connectivity index (χ2n) is 4.64. The van der Waals surface area contributed by atoms with Gasteiger partial charge in [-0.15, -0.1) is 0 Å². The van der Waals surface area contributed by atoms with Crippen molar-refractivity contribution >= 4 is 5.91 Å². The summed E-state index contributed by atoms with van der Waals surface area (Å²) in [6.07, 6.45) is 4.40. The van der Waals surface area contributed by atoms with E-state index in [0.29, 0.717) is 12.0 Å². The number of nitrogens with two attached hydrogens (primary N) is 2. The molecule has 0 aromatic carbocycles. The molecule has 2 rings (SSSR count). The molecule has 0 spiro atoms. The van der Waals surface area contributed by atoms with Crippen molar-refractivity contribution in [3.05, 3.63) is 0 Å². The Hall–Kier alpha value is -0.610. The predicted octanol–water partition coefficient (Wildman–Crippen LogP) is -0.327. The van der Waals surface area contributed by atoms with Crippen LogP contribution in [0.5, 0.6) is 0 Å². The molecule has 14 heavy (non-hydrogen) atoms. The van der Waals surface area contributed by atoms with Crippen LogP contribution in [0.25, 0.3) is 0 Å². The van der Waals surface area contributed by atoms with Crippen LogP contribution >= 0.6 is 0 Å². The van der Waals surface area contributed by atoms with E-state index in [1.165, 1.54) is 6.42 Å². The van der Waals surface area contributed by atoms with Crippen molar-refractivity contribution in [3.8, 4) is 0 Å². The van der Waals surface area contributed by atoms with Gasteiger partial charge in [0.15, 0.2) is 0 Å². The largest absolute Gasteiger partial charge is 0.368 e. The maximum Gasteiger partial charge on any atom is 0.234 e. The van der Waals surface area contributed by atoms with Crippen LogP contribution in [0, 0.1) is 5.92 Å². The maximum absolute atomic E-state index is 11.0. The summed E-state index contributed by atoms with van der Waals surface area (Å²) in [4.78, 5) is 13.2. The molecule has 4 heteroatoms. The predicted molar refractivity (Wildman–Crippen MR) is 54.5 cm³/mol. The van der Waals surface area contributed by atoms with Crippen LogP contribution in [0.3, 0.4) is 0 Å². The Morgan fingerprint density at radius 3 is 2.57 bits per heavy atom. The van der Waals surface area contributed by atoms with E-state index in [1.807, 2.05) is 0 Å². The minimum Gasteiger partial charge on any atom is -0.368 e. The molecule has 1 amide bonds. The van der Waals surface area contributed by atoms with E-state index in [2.05, 4.69) is 4.90 Å². The van der Waals surface area contributed by atoms with Gasteiger partial charge in [0.2, 0.25) is 5.91 Å². The number of hydrogen-bond donors (Lipinski definition) is 2. The lowest BCUT2D eigenvalue weighted by Crippen LogP contribution is -2.55. The average molecular weight is 197 g/mol. The highest BCUT2D eigenvalue weighted by atomic mass is 16.1. The average Bonchev–Trinajstić information content (AvgIpc) is 2.44. The van der Waals surface area contributed by atoms with Gasteiger partial charge in [-0.3, -0.25) is 9.69 Å². The van der Waals surface area contributed by atoms with Crippen molar-refractivity contribution in [1.29, 1.82) is 0 Å². The molecular formula is C10H19N3O. The molecule has 80 valence electrons. The van der Waals surface area contributed by atoms with Gasteiger partial charge in [-0.1, -0.05) is 0 Å². The molecular weight excluding hydrogens is 178 g/mol. The number of hydrogen-bond acceptors (Lipinski definition) is 3. The molecule has 1 aliphatic carbocycles. The fraction of sp³-hybridized carbons (Fsp3) is 0.900. The highest BCUT2D eigenvalue weighted by molar-refractivity contribution is 5.80. The summed E-state index contributed by atoms with van der Waals surface area (Å²) in [6, 6.07) is 0.389. The number of nitrogens with zero attached hydrogens (tertiary/aromatic N) is 1. The van der Waals surface area contributed by atoms with Crippen molar-refractivity contribution in [2.24, 2.45) is 17.4 Å². The van der Waals surface area contributed by atoms with Crippen LogP contribution in [-0.4, -0.2) is 36.0 Å². The maximum atomic E-state index is 11.0. The van der Waals surface area contributed by atoms with Gasteiger partial charge in [0.05, 0.1) is 6.04 Å². The first kappa shape index (κ1) is 9.93. The van der Waals surface area contributed by atoms with Gasteiger partial charge in [-0.2, -0.15) is 0 Å². The standard InChI is InChI=1S/C10H19N3O/c11-8-2-1-7(5-8)6-13-4-3-9(13)10(12)14/h7-9H,1-6,11H2,(H2,12,14). The van der Waals surface area contributed by atoms with Gasteiger partial charge >= 0.3 is 0 Å².